The minimum atomic E-state index is -0.0400. The predicted octanol–water partition coefficient (Wildman–Crippen LogP) is 2.09. The number of nitrogens with two attached hydrogens (primary N) is 1. The zero-order chi connectivity index (χ0) is 20.5. The van der Waals surface area contributed by atoms with Crippen LogP contribution in [0.5, 0.6) is 0 Å². The SMILES string of the molecule is Cc1ccc(-c2nc(C(=O)N3CC(N(C)C)C3)cn2-c2ccc(CN)cc2)cn1. The fraction of sp³-hybridized carbons (Fsp3) is 0.318. The van der Waals surface area contributed by atoms with E-state index in [1.807, 2.05) is 73.1 Å². The molecule has 0 bridgehead atoms. The third-order valence-electron chi connectivity index (χ3n) is 5.42. The second-order valence-corrected chi connectivity index (χ2v) is 7.71. The van der Waals surface area contributed by atoms with Crippen LogP contribution < -0.4 is 5.73 Å². The first-order valence-corrected chi connectivity index (χ1v) is 9.73. The molecule has 4 rings (SSSR count). The zero-order valence-electron chi connectivity index (χ0n) is 17.0. The van der Waals surface area contributed by atoms with Crippen molar-refractivity contribution in [2.24, 2.45) is 5.73 Å². The highest BCUT2D eigenvalue weighted by Gasteiger charge is 2.33. The molecule has 0 radical (unpaired) electrons. The average Bonchev–Trinajstić information content (AvgIpc) is 3.12. The van der Waals surface area contributed by atoms with Gasteiger partial charge in [0, 0.05) is 55.0 Å². The minimum absolute atomic E-state index is 0.0400. The number of aryl methyl sites for hydroxylation is 1. The molecule has 150 valence electrons. The number of amides is 1. The number of hydrogen-bond acceptors (Lipinski definition) is 5. The third-order valence-corrected chi connectivity index (χ3v) is 5.42. The number of likely N-dealkylation sites (N-methyl/N-ethyl adjacent to an activating group) is 1. The van der Waals surface area contributed by atoms with E-state index in [2.05, 4.69) is 9.88 Å². The lowest BCUT2D eigenvalue weighted by molar-refractivity contribution is 0.0394. The molecule has 0 saturated carbocycles. The van der Waals surface area contributed by atoms with Crippen molar-refractivity contribution < 1.29 is 4.79 Å². The van der Waals surface area contributed by atoms with Gasteiger partial charge in [-0.2, -0.15) is 0 Å². The highest BCUT2D eigenvalue weighted by atomic mass is 16.2. The summed E-state index contributed by atoms with van der Waals surface area (Å²) in [6.45, 7) is 3.89. The molecule has 1 amide bonds. The molecule has 2 aromatic heterocycles. The summed E-state index contributed by atoms with van der Waals surface area (Å²) in [4.78, 5) is 26.0. The van der Waals surface area contributed by atoms with Gasteiger partial charge in [0.15, 0.2) is 0 Å². The molecule has 29 heavy (non-hydrogen) atoms. The number of carbonyl (C=O) groups excluding carboxylic acids is 1. The number of imidazole rings is 1. The maximum absolute atomic E-state index is 13.0. The van der Waals surface area contributed by atoms with Crippen molar-refractivity contribution in [2.45, 2.75) is 19.5 Å². The van der Waals surface area contributed by atoms with Crippen LogP contribution in [-0.2, 0) is 6.54 Å². The Hall–Kier alpha value is -3.03. The van der Waals surface area contributed by atoms with E-state index in [4.69, 9.17) is 10.7 Å². The maximum atomic E-state index is 13.0. The summed E-state index contributed by atoms with van der Waals surface area (Å²) in [6, 6.07) is 12.3. The first-order chi connectivity index (χ1) is 14.0. The van der Waals surface area contributed by atoms with Crippen LogP contribution >= 0.6 is 0 Å². The van der Waals surface area contributed by atoms with Crippen LogP contribution in [0.4, 0.5) is 0 Å². The largest absolute Gasteiger partial charge is 0.334 e. The van der Waals surface area contributed by atoms with Crippen molar-refractivity contribution in [2.75, 3.05) is 27.2 Å². The fourth-order valence-corrected chi connectivity index (χ4v) is 3.39. The topological polar surface area (TPSA) is 80.3 Å². The standard InChI is InChI=1S/C22H26N6O/c1-15-4-7-17(11-24-15)21-25-20(22(29)27-12-19(13-27)26(2)3)14-28(21)18-8-5-16(10-23)6-9-18/h4-9,11,14,19H,10,12-13,23H2,1-3H3. The highest BCUT2D eigenvalue weighted by Crippen LogP contribution is 2.25. The van der Waals surface area contributed by atoms with E-state index in [9.17, 15) is 4.79 Å². The van der Waals surface area contributed by atoms with E-state index in [0.29, 0.717) is 24.1 Å². The number of likely N-dealkylation sites (tertiary alicyclic amines) is 1. The van der Waals surface area contributed by atoms with Crippen LogP contribution in [0.25, 0.3) is 17.1 Å². The van der Waals surface area contributed by atoms with Crippen LogP contribution in [0.15, 0.2) is 48.8 Å². The molecule has 0 spiro atoms. The first kappa shape index (κ1) is 19.3. The first-order valence-electron chi connectivity index (χ1n) is 9.73. The van der Waals surface area contributed by atoms with Crippen LogP contribution in [0.1, 0.15) is 21.7 Å². The maximum Gasteiger partial charge on any atom is 0.274 e. The summed E-state index contributed by atoms with van der Waals surface area (Å²) in [7, 11) is 4.07. The summed E-state index contributed by atoms with van der Waals surface area (Å²) in [5, 5.41) is 0. The molecule has 7 heteroatoms. The lowest BCUT2D eigenvalue weighted by Crippen LogP contribution is -2.59. The Morgan fingerprint density at radius 2 is 1.90 bits per heavy atom. The molecule has 7 nitrogen and oxygen atoms in total. The van der Waals surface area contributed by atoms with Crippen LogP contribution in [0, 0.1) is 6.92 Å². The minimum Gasteiger partial charge on any atom is -0.334 e. The normalized spacial score (nSPS) is 14.3. The van der Waals surface area contributed by atoms with E-state index in [1.54, 1.807) is 6.20 Å². The van der Waals surface area contributed by atoms with Crippen LogP contribution in [-0.4, -0.2) is 63.5 Å². The van der Waals surface area contributed by atoms with Crippen molar-refractivity contribution in [3.05, 3.63) is 65.7 Å². The summed E-state index contributed by atoms with van der Waals surface area (Å²) < 4.78 is 1.95. The second kappa shape index (κ2) is 7.77. The van der Waals surface area contributed by atoms with E-state index >= 15 is 0 Å². The zero-order valence-corrected chi connectivity index (χ0v) is 17.0. The van der Waals surface area contributed by atoms with Gasteiger partial charge in [-0.25, -0.2) is 4.98 Å². The van der Waals surface area contributed by atoms with E-state index in [1.165, 1.54) is 0 Å². The summed E-state index contributed by atoms with van der Waals surface area (Å²) in [5.41, 5.74) is 9.96. The molecule has 2 N–H and O–H groups in total. The van der Waals surface area contributed by atoms with Crippen molar-refractivity contribution >= 4 is 5.91 Å². The average molecular weight is 390 g/mol. The van der Waals surface area contributed by atoms with Gasteiger partial charge in [0.05, 0.1) is 0 Å². The summed E-state index contributed by atoms with van der Waals surface area (Å²) in [6.07, 6.45) is 3.61. The van der Waals surface area contributed by atoms with Gasteiger partial charge in [0.25, 0.3) is 5.91 Å². The van der Waals surface area contributed by atoms with Crippen molar-refractivity contribution in [1.29, 1.82) is 0 Å². The predicted molar refractivity (Wildman–Crippen MR) is 113 cm³/mol. The van der Waals surface area contributed by atoms with Crippen LogP contribution in [0.3, 0.4) is 0 Å². The lowest BCUT2D eigenvalue weighted by Gasteiger charge is -2.42. The molecule has 1 fully saturated rings. The molecule has 1 aromatic carbocycles. The van der Waals surface area contributed by atoms with Gasteiger partial charge in [-0.3, -0.25) is 14.3 Å². The van der Waals surface area contributed by atoms with Gasteiger partial charge in [0.2, 0.25) is 0 Å². The molecule has 0 atom stereocenters. The Morgan fingerprint density at radius 1 is 1.17 bits per heavy atom. The van der Waals surface area contributed by atoms with Gasteiger partial charge >= 0.3 is 0 Å². The Kier molecular flexibility index (Phi) is 5.17. The smallest absolute Gasteiger partial charge is 0.274 e. The van der Waals surface area contributed by atoms with Gasteiger partial charge in [0.1, 0.15) is 11.5 Å². The summed E-state index contributed by atoms with van der Waals surface area (Å²) in [5.74, 6) is 0.660. The summed E-state index contributed by atoms with van der Waals surface area (Å²) >= 11 is 0. The van der Waals surface area contributed by atoms with Crippen molar-refractivity contribution in [3.8, 4) is 17.1 Å². The van der Waals surface area contributed by atoms with E-state index < -0.39 is 0 Å². The van der Waals surface area contributed by atoms with Gasteiger partial charge < -0.3 is 15.5 Å². The third kappa shape index (κ3) is 3.79. The Balaban J connectivity index is 1.70. The molecule has 3 aromatic rings. The second-order valence-electron chi connectivity index (χ2n) is 7.71. The number of hydrogen-bond donors (Lipinski definition) is 1. The number of pyridine rings is 1. The Labute approximate surface area is 170 Å². The Bertz CT molecular complexity index is 1000. The number of aromatic nitrogens is 3. The lowest BCUT2D eigenvalue weighted by atomic mass is 10.1. The van der Waals surface area contributed by atoms with Gasteiger partial charge in [-0.1, -0.05) is 12.1 Å². The molecule has 3 heterocycles. The van der Waals surface area contributed by atoms with Gasteiger partial charge in [-0.05, 0) is 50.8 Å². The molecule has 0 aliphatic carbocycles. The number of nitrogens with zero attached hydrogens (tertiary/aromatic N) is 5. The van der Waals surface area contributed by atoms with Crippen molar-refractivity contribution in [1.82, 2.24) is 24.3 Å². The molecule has 1 aliphatic rings. The van der Waals surface area contributed by atoms with E-state index in [0.717, 1.165) is 35.6 Å². The molecular formula is C22H26N6O. The van der Waals surface area contributed by atoms with Crippen LogP contribution in [0.2, 0.25) is 0 Å². The highest BCUT2D eigenvalue weighted by molar-refractivity contribution is 5.93. The van der Waals surface area contributed by atoms with Crippen molar-refractivity contribution in [3.63, 3.8) is 0 Å². The molecule has 0 unspecified atom stereocenters. The number of benzene rings is 1. The Morgan fingerprint density at radius 3 is 2.48 bits per heavy atom. The monoisotopic (exact) mass is 390 g/mol. The quantitative estimate of drug-likeness (QED) is 0.722. The molecule has 1 aliphatic heterocycles. The number of rotatable bonds is 5. The molecule has 1 saturated heterocycles. The van der Waals surface area contributed by atoms with Gasteiger partial charge in [-0.15, -0.1) is 0 Å². The molecular weight excluding hydrogens is 364 g/mol. The van der Waals surface area contributed by atoms with E-state index in [-0.39, 0.29) is 5.91 Å². The number of carbonyl (C=O) groups is 1. The fourth-order valence-electron chi connectivity index (χ4n) is 3.39.